The van der Waals surface area contributed by atoms with Gasteiger partial charge in [0.2, 0.25) is 5.91 Å². The molecule has 0 aromatic carbocycles. The molecule has 0 aromatic rings. The van der Waals surface area contributed by atoms with Crippen molar-refractivity contribution in [2.45, 2.75) is 65.1 Å². The molecule has 5 unspecified atom stereocenters. The summed E-state index contributed by atoms with van der Waals surface area (Å²) >= 11 is 0. The van der Waals surface area contributed by atoms with Crippen molar-refractivity contribution in [3.63, 3.8) is 0 Å². The second-order valence-electron chi connectivity index (χ2n) is 5.84. The summed E-state index contributed by atoms with van der Waals surface area (Å²) in [4.78, 5) is 11.2. The molecule has 1 heterocycles. The molecule has 5 atom stereocenters. The molecule has 0 saturated carbocycles. The number of nitrogens with one attached hydrogen (secondary N) is 1. The predicted octanol–water partition coefficient (Wildman–Crippen LogP) is 0.0463. The SMILES string of the molecule is CC(=O)NC1C(O)C(O)C(C)OC1C(C)(C)C. The van der Waals surface area contributed by atoms with Crippen molar-refractivity contribution in [1.82, 2.24) is 5.32 Å². The molecule has 5 nitrogen and oxygen atoms in total. The maximum Gasteiger partial charge on any atom is 0.217 e. The molecule has 1 amide bonds. The number of rotatable bonds is 1. The Labute approximate surface area is 102 Å². The normalized spacial score (nSPS) is 38.9. The van der Waals surface area contributed by atoms with E-state index in [0.29, 0.717) is 0 Å². The van der Waals surface area contributed by atoms with Crippen LogP contribution in [0.5, 0.6) is 0 Å². The Balaban J connectivity index is 2.95. The number of carbonyl (C=O) groups excluding carboxylic acids is 1. The van der Waals surface area contributed by atoms with Gasteiger partial charge in [0.1, 0.15) is 12.2 Å². The molecule has 0 aromatic heterocycles. The smallest absolute Gasteiger partial charge is 0.217 e. The molecule has 3 N–H and O–H groups in total. The number of aliphatic hydroxyl groups excluding tert-OH is 2. The topological polar surface area (TPSA) is 78.8 Å². The van der Waals surface area contributed by atoms with Crippen molar-refractivity contribution >= 4 is 5.91 Å². The van der Waals surface area contributed by atoms with Crippen molar-refractivity contribution < 1.29 is 19.7 Å². The van der Waals surface area contributed by atoms with Gasteiger partial charge in [0.25, 0.3) is 0 Å². The Hall–Kier alpha value is -0.650. The van der Waals surface area contributed by atoms with Gasteiger partial charge >= 0.3 is 0 Å². The molecular weight excluding hydrogens is 222 g/mol. The molecule has 1 aliphatic heterocycles. The summed E-state index contributed by atoms with van der Waals surface area (Å²) in [6.07, 6.45) is -2.77. The molecule has 1 rings (SSSR count). The summed E-state index contributed by atoms with van der Waals surface area (Å²) in [7, 11) is 0. The number of hydrogen-bond acceptors (Lipinski definition) is 4. The summed E-state index contributed by atoms with van der Waals surface area (Å²) < 4.78 is 5.72. The molecular formula is C12H23NO4. The third-order valence-corrected chi connectivity index (χ3v) is 3.11. The van der Waals surface area contributed by atoms with E-state index < -0.39 is 24.4 Å². The first kappa shape index (κ1) is 14.4. The molecule has 0 spiro atoms. The largest absolute Gasteiger partial charge is 0.388 e. The van der Waals surface area contributed by atoms with Crippen LogP contribution in [0.2, 0.25) is 0 Å². The predicted molar refractivity (Wildman–Crippen MR) is 63.4 cm³/mol. The highest BCUT2D eigenvalue weighted by atomic mass is 16.5. The highest BCUT2D eigenvalue weighted by Gasteiger charge is 2.47. The summed E-state index contributed by atoms with van der Waals surface area (Å²) in [6.45, 7) is 9.03. The Morgan fingerprint density at radius 1 is 1.24 bits per heavy atom. The molecule has 100 valence electrons. The summed E-state index contributed by atoms with van der Waals surface area (Å²) in [5, 5.41) is 22.5. The zero-order valence-electron chi connectivity index (χ0n) is 11.1. The van der Waals surface area contributed by atoms with Crippen LogP contribution in [0.15, 0.2) is 0 Å². The summed E-state index contributed by atoms with van der Waals surface area (Å²) in [5.74, 6) is -0.242. The van der Waals surface area contributed by atoms with Crippen LogP contribution in [0.3, 0.4) is 0 Å². The van der Waals surface area contributed by atoms with Gasteiger partial charge in [-0.1, -0.05) is 20.8 Å². The first-order chi connectivity index (χ1) is 7.64. The van der Waals surface area contributed by atoms with Gasteiger partial charge < -0.3 is 20.3 Å². The van der Waals surface area contributed by atoms with Gasteiger partial charge in [0, 0.05) is 6.92 Å². The number of ether oxygens (including phenoxy) is 1. The Morgan fingerprint density at radius 3 is 2.18 bits per heavy atom. The van der Waals surface area contributed by atoms with Crippen LogP contribution in [0.1, 0.15) is 34.6 Å². The fourth-order valence-corrected chi connectivity index (χ4v) is 2.20. The van der Waals surface area contributed by atoms with Crippen LogP contribution < -0.4 is 5.32 Å². The zero-order chi connectivity index (χ0) is 13.4. The first-order valence-corrected chi connectivity index (χ1v) is 5.93. The minimum atomic E-state index is -1.01. The fourth-order valence-electron chi connectivity index (χ4n) is 2.20. The molecule has 0 bridgehead atoms. The maximum absolute atomic E-state index is 11.2. The maximum atomic E-state index is 11.2. The molecule has 17 heavy (non-hydrogen) atoms. The lowest BCUT2D eigenvalue weighted by Crippen LogP contribution is -2.65. The van der Waals surface area contributed by atoms with E-state index in [0.717, 1.165) is 0 Å². The van der Waals surface area contributed by atoms with Gasteiger partial charge in [-0.05, 0) is 12.3 Å². The average Bonchev–Trinajstić information content (AvgIpc) is 2.16. The monoisotopic (exact) mass is 245 g/mol. The highest BCUT2D eigenvalue weighted by Crippen LogP contribution is 2.32. The number of amides is 1. The minimum Gasteiger partial charge on any atom is -0.388 e. The second-order valence-corrected chi connectivity index (χ2v) is 5.84. The third kappa shape index (κ3) is 3.18. The Morgan fingerprint density at radius 2 is 1.76 bits per heavy atom. The van der Waals surface area contributed by atoms with Crippen LogP contribution in [-0.4, -0.2) is 46.6 Å². The zero-order valence-corrected chi connectivity index (χ0v) is 11.1. The second kappa shape index (κ2) is 4.92. The quantitative estimate of drug-likeness (QED) is 0.610. The van der Waals surface area contributed by atoms with E-state index >= 15 is 0 Å². The van der Waals surface area contributed by atoms with E-state index in [4.69, 9.17) is 4.74 Å². The lowest BCUT2D eigenvalue weighted by molar-refractivity contribution is -0.203. The molecule has 1 saturated heterocycles. The highest BCUT2D eigenvalue weighted by molar-refractivity contribution is 5.73. The van der Waals surface area contributed by atoms with Gasteiger partial charge in [0.05, 0.1) is 18.2 Å². The van der Waals surface area contributed by atoms with Crippen molar-refractivity contribution in [2.75, 3.05) is 0 Å². The number of carbonyl (C=O) groups is 1. The fraction of sp³-hybridized carbons (Fsp3) is 0.917. The van der Waals surface area contributed by atoms with Gasteiger partial charge in [-0.3, -0.25) is 4.79 Å². The standard InChI is InChI=1S/C12H23NO4/c1-6-9(15)10(16)8(13-7(2)14)11(17-6)12(3,4)5/h6,8-11,15-16H,1-5H3,(H,13,14). The van der Waals surface area contributed by atoms with Gasteiger partial charge in [0.15, 0.2) is 0 Å². The summed E-state index contributed by atoms with van der Waals surface area (Å²) in [6, 6.07) is -0.585. The van der Waals surface area contributed by atoms with Crippen LogP contribution in [0.25, 0.3) is 0 Å². The van der Waals surface area contributed by atoms with E-state index in [-0.39, 0.29) is 17.4 Å². The van der Waals surface area contributed by atoms with Crippen LogP contribution >= 0.6 is 0 Å². The van der Waals surface area contributed by atoms with Crippen molar-refractivity contribution in [3.8, 4) is 0 Å². The van der Waals surface area contributed by atoms with Crippen LogP contribution in [-0.2, 0) is 9.53 Å². The van der Waals surface area contributed by atoms with Crippen LogP contribution in [0.4, 0.5) is 0 Å². The van der Waals surface area contributed by atoms with Gasteiger partial charge in [-0.15, -0.1) is 0 Å². The third-order valence-electron chi connectivity index (χ3n) is 3.11. The first-order valence-electron chi connectivity index (χ1n) is 5.93. The lowest BCUT2D eigenvalue weighted by atomic mass is 9.79. The van der Waals surface area contributed by atoms with Gasteiger partial charge in [-0.2, -0.15) is 0 Å². The molecule has 5 heteroatoms. The molecule has 0 radical (unpaired) electrons. The molecule has 0 aliphatic carbocycles. The van der Waals surface area contributed by atoms with Crippen molar-refractivity contribution in [3.05, 3.63) is 0 Å². The minimum absolute atomic E-state index is 0.234. The van der Waals surface area contributed by atoms with Gasteiger partial charge in [-0.25, -0.2) is 0 Å². The molecule has 1 aliphatic rings. The van der Waals surface area contributed by atoms with Crippen LogP contribution in [0, 0.1) is 5.41 Å². The van der Waals surface area contributed by atoms with E-state index in [1.165, 1.54) is 6.92 Å². The average molecular weight is 245 g/mol. The van der Waals surface area contributed by atoms with Crippen molar-refractivity contribution in [2.24, 2.45) is 5.41 Å². The Bertz CT molecular complexity index is 287. The number of aliphatic hydroxyl groups is 2. The van der Waals surface area contributed by atoms with E-state index in [9.17, 15) is 15.0 Å². The van der Waals surface area contributed by atoms with Crippen molar-refractivity contribution in [1.29, 1.82) is 0 Å². The van der Waals surface area contributed by atoms with E-state index in [1.54, 1.807) is 6.92 Å². The lowest BCUT2D eigenvalue weighted by Gasteiger charge is -2.47. The Kier molecular flexibility index (Phi) is 4.17. The number of hydrogen-bond donors (Lipinski definition) is 3. The van der Waals surface area contributed by atoms with E-state index in [1.807, 2.05) is 20.8 Å². The molecule has 1 fully saturated rings. The summed E-state index contributed by atoms with van der Waals surface area (Å²) in [5.41, 5.74) is -0.234. The van der Waals surface area contributed by atoms with E-state index in [2.05, 4.69) is 5.32 Å².